The first-order valence-corrected chi connectivity index (χ1v) is 6.63. The summed E-state index contributed by atoms with van der Waals surface area (Å²) in [6.45, 7) is 9.62. The van der Waals surface area contributed by atoms with Crippen molar-refractivity contribution in [3.8, 4) is 0 Å². The van der Waals surface area contributed by atoms with E-state index in [1.165, 1.54) is 0 Å². The van der Waals surface area contributed by atoms with Crippen molar-refractivity contribution >= 4 is 0 Å². The van der Waals surface area contributed by atoms with Gasteiger partial charge in [0.1, 0.15) is 5.76 Å². The molecule has 1 aromatic heterocycles. The third kappa shape index (κ3) is 5.37. The summed E-state index contributed by atoms with van der Waals surface area (Å²) in [4.78, 5) is 2.42. The third-order valence-corrected chi connectivity index (χ3v) is 3.13. The Hall–Kier alpha value is -0.800. The molecule has 0 aliphatic carbocycles. The van der Waals surface area contributed by atoms with E-state index in [4.69, 9.17) is 10.2 Å². The maximum absolute atomic E-state index is 6.08. The van der Waals surface area contributed by atoms with Gasteiger partial charge in [-0.05, 0) is 37.4 Å². The van der Waals surface area contributed by atoms with E-state index in [1.807, 2.05) is 12.1 Å². The van der Waals surface area contributed by atoms with Crippen molar-refractivity contribution in [1.29, 1.82) is 0 Å². The van der Waals surface area contributed by atoms with Crippen LogP contribution in [0.2, 0.25) is 0 Å². The highest BCUT2D eigenvalue weighted by atomic mass is 16.3. The highest BCUT2D eigenvalue weighted by Gasteiger charge is 2.11. The first-order valence-electron chi connectivity index (χ1n) is 6.63. The predicted molar refractivity (Wildman–Crippen MR) is 71.7 cm³/mol. The van der Waals surface area contributed by atoms with Crippen LogP contribution >= 0.6 is 0 Å². The zero-order valence-corrected chi connectivity index (χ0v) is 11.4. The van der Waals surface area contributed by atoms with Gasteiger partial charge >= 0.3 is 0 Å². The smallest absolute Gasteiger partial charge is 0.117 e. The topological polar surface area (TPSA) is 42.4 Å². The molecule has 1 rings (SSSR count). The third-order valence-electron chi connectivity index (χ3n) is 3.13. The van der Waals surface area contributed by atoms with Crippen LogP contribution in [-0.2, 0) is 6.54 Å². The van der Waals surface area contributed by atoms with Crippen LogP contribution in [0.25, 0.3) is 0 Å². The van der Waals surface area contributed by atoms with Crippen LogP contribution in [0.3, 0.4) is 0 Å². The molecule has 0 amide bonds. The summed E-state index contributed by atoms with van der Waals surface area (Å²) < 4.78 is 5.39. The highest BCUT2D eigenvalue weighted by molar-refractivity contribution is 4.97. The van der Waals surface area contributed by atoms with Gasteiger partial charge in [-0.3, -0.25) is 4.90 Å². The molecule has 0 bridgehead atoms. The van der Waals surface area contributed by atoms with Crippen molar-refractivity contribution in [2.75, 3.05) is 13.1 Å². The predicted octanol–water partition coefficient (Wildman–Crippen LogP) is 2.87. The largest absolute Gasteiger partial charge is 0.468 e. The van der Waals surface area contributed by atoms with E-state index >= 15 is 0 Å². The lowest BCUT2D eigenvalue weighted by Crippen LogP contribution is -2.33. The van der Waals surface area contributed by atoms with E-state index in [0.29, 0.717) is 12.0 Å². The van der Waals surface area contributed by atoms with Gasteiger partial charge in [0.2, 0.25) is 0 Å². The lowest BCUT2D eigenvalue weighted by molar-refractivity contribution is 0.229. The Morgan fingerprint density at radius 2 is 2.12 bits per heavy atom. The van der Waals surface area contributed by atoms with Crippen LogP contribution in [0.4, 0.5) is 0 Å². The Labute approximate surface area is 105 Å². The van der Waals surface area contributed by atoms with Crippen LogP contribution in [0.15, 0.2) is 22.8 Å². The number of hydrogen-bond acceptors (Lipinski definition) is 3. The van der Waals surface area contributed by atoms with Gasteiger partial charge in [-0.2, -0.15) is 0 Å². The summed E-state index contributed by atoms with van der Waals surface area (Å²) in [5.41, 5.74) is 6.08. The fourth-order valence-electron chi connectivity index (χ4n) is 1.87. The van der Waals surface area contributed by atoms with Gasteiger partial charge in [-0.25, -0.2) is 0 Å². The van der Waals surface area contributed by atoms with Gasteiger partial charge in [0.15, 0.2) is 0 Å². The highest BCUT2D eigenvalue weighted by Crippen LogP contribution is 2.09. The van der Waals surface area contributed by atoms with Crippen LogP contribution in [0, 0.1) is 5.92 Å². The van der Waals surface area contributed by atoms with Gasteiger partial charge < -0.3 is 10.2 Å². The van der Waals surface area contributed by atoms with Crippen LogP contribution in [0.1, 0.15) is 39.4 Å². The fourth-order valence-corrected chi connectivity index (χ4v) is 1.87. The van der Waals surface area contributed by atoms with Crippen LogP contribution in [0.5, 0.6) is 0 Å². The standard InChI is InChI=1S/C14H26N2O/c1-4-8-16(9-7-14(15)12(2)3)11-13-6-5-10-17-13/h5-6,10,12,14H,4,7-9,11,15H2,1-3H3. The first kappa shape index (κ1) is 14.3. The van der Waals surface area contributed by atoms with Crippen molar-refractivity contribution in [1.82, 2.24) is 4.90 Å². The molecule has 98 valence electrons. The molecule has 0 fully saturated rings. The maximum Gasteiger partial charge on any atom is 0.117 e. The molecule has 17 heavy (non-hydrogen) atoms. The molecule has 0 aromatic carbocycles. The molecule has 1 heterocycles. The molecular formula is C14H26N2O. The minimum Gasteiger partial charge on any atom is -0.468 e. The van der Waals surface area contributed by atoms with Crippen molar-refractivity contribution < 1.29 is 4.42 Å². The van der Waals surface area contributed by atoms with Crippen LogP contribution in [-0.4, -0.2) is 24.0 Å². The molecule has 3 nitrogen and oxygen atoms in total. The fraction of sp³-hybridized carbons (Fsp3) is 0.714. The molecule has 0 spiro atoms. The SMILES string of the molecule is CCCN(CCC(N)C(C)C)Cc1ccco1. The number of rotatable bonds is 8. The second kappa shape index (κ2) is 7.51. The van der Waals surface area contributed by atoms with Gasteiger partial charge in [-0.15, -0.1) is 0 Å². The molecule has 2 N–H and O–H groups in total. The summed E-state index contributed by atoms with van der Waals surface area (Å²) in [6, 6.07) is 4.27. The first-order chi connectivity index (χ1) is 8.13. The molecule has 1 aromatic rings. The second-order valence-corrected chi connectivity index (χ2v) is 5.05. The monoisotopic (exact) mass is 238 g/mol. The Morgan fingerprint density at radius 1 is 1.35 bits per heavy atom. The molecular weight excluding hydrogens is 212 g/mol. The van der Waals surface area contributed by atoms with Crippen molar-refractivity contribution in [3.63, 3.8) is 0 Å². The molecule has 1 atom stereocenters. The number of nitrogens with two attached hydrogens (primary N) is 1. The molecule has 0 saturated carbocycles. The summed E-state index contributed by atoms with van der Waals surface area (Å²) in [6.07, 6.45) is 3.95. The summed E-state index contributed by atoms with van der Waals surface area (Å²) in [5.74, 6) is 1.60. The molecule has 0 radical (unpaired) electrons. The van der Waals surface area contributed by atoms with Gasteiger partial charge in [-0.1, -0.05) is 20.8 Å². The van der Waals surface area contributed by atoms with Gasteiger partial charge in [0.25, 0.3) is 0 Å². The van der Waals surface area contributed by atoms with E-state index < -0.39 is 0 Å². The van der Waals surface area contributed by atoms with Gasteiger partial charge in [0.05, 0.1) is 12.8 Å². The molecule has 0 aliphatic heterocycles. The normalized spacial score (nSPS) is 13.5. The Balaban J connectivity index is 2.38. The number of hydrogen-bond donors (Lipinski definition) is 1. The molecule has 0 saturated heterocycles. The lowest BCUT2D eigenvalue weighted by Gasteiger charge is -2.23. The van der Waals surface area contributed by atoms with E-state index in [2.05, 4.69) is 25.7 Å². The number of furan rings is 1. The Bertz CT molecular complexity index is 282. The minimum absolute atomic E-state index is 0.297. The Kier molecular flexibility index (Phi) is 6.30. The van der Waals surface area contributed by atoms with Crippen molar-refractivity contribution in [2.45, 2.75) is 46.2 Å². The van der Waals surface area contributed by atoms with E-state index in [-0.39, 0.29) is 0 Å². The molecule has 3 heteroatoms. The van der Waals surface area contributed by atoms with E-state index in [0.717, 1.165) is 38.2 Å². The van der Waals surface area contributed by atoms with E-state index in [1.54, 1.807) is 6.26 Å². The maximum atomic E-state index is 6.08. The summed E-state index contributed by atoms with van der Waals surface area (Å²) in [7, 11) is 0. The average Bonchev–Trinajstić information content (AvgIpc) is 2.78. The van der Waals surface area contributed by atoms with Crippen molar-refractivity contribution in [2.24, 2.45) is 11.7 Å². The summed E-state index contributed by atoms with van der Waals surface area (Å²) in [5, 5.41) is 0. The molecule has 0 aliphatic rings. The van der Waals surface area contributed by atoms with Crippen LogP contribution < -0.4 is 5.73 Å². The quantitative estimate of drug-likeness (QED) is 0.757. The number of nitrogens with zero attached hydrogens (tertiary/aromatic N) is 1. The average molecular weight is 238 g/mol. The van der Waals surface area contributed by atoms with Crippen molar-refractivity contribution in [3.05, 3.63) is 24.2 Å². The second-order valence-electron chi connectivity index (χ2n) is 5.05. The lowest BCUT2D eigenvalue weighted by atomic mass is 10.0. The van der Waals surface area contributed by atoms with E-state index in [9.17, 15) is 0 Å². The Morgan fingerprint density at radius 3 is 2.65 bits per heavy atom. The summed E-state index contributed by atoms with van der Waals surface area (Å²) >= 11 is 0. The minimum atomic E-state index is 0.297. The zero-order chi connectivity index (χ0) is 12.7. The van der Waals surface area contributed by atoms with Gasteiger partial charge in [0, 0.05) is 12.6 Å². The zero-order valence-electron chi connectivity index (χ0n) is 11.4. The molecule has 1 unspecified atom stereocenters.